The van der Waals surface area contributed by atoms with Gasteiger partial charge in [0.1, 0.15) is 0 Å². The molecule has 1 unspecified atom stereocenters. The van der Waals surface area contributed by atoms with E-state index in [4.69, 9.17) is 10.7 Å². The first-order valence-corrected chi connectivity index (χ1v) is 9.09. The summed E-state index contributed by atoms with van der Waals surface area (Å²) < 4.78 is 0. The Hall–Kier alpha value is -1.78. The molecule has 4 heteroatoms. The number of unbranched alkanes of at least 4 members (excludes halogenated alkanes) is 1. The van der Waals surface area contributed by atoms with Crippen molar-refractivity contribution in [2.24, 2.45) is 5.73 Å². The smallest absolute Gasteiger partial charge is 0.0604 e. The first-order chi connectivity index (χ1) is 11.8. The topological polar surface area (TPSA) is 55.0 Å². The lowest BCUT2D eigenvalue weighted by molar-refractivity contribution is 0.0748. The molecule has 1 aliphatic heterocycles. The van der Waals surface area contributed by atoms with Gasteiger partial charge in [0.25, 0.3) is 0 Å². The number of pyridine rings is 2. The van der Waals surface area contributed by atoms with Gasteiger partial charge in [0, 0.05) is 12.4 Å². The van der Waals surface area contributed by atoms with E-state index < -0.39 is 0 Å². The molecule has 0 spiro atoms. The van der Waals surface area contributed by atoms with Gasteiger partial charge in [0.15, 0.2) is 0 Å². The second-order valence-electron chi connectivity index (χ2n) is 6.66. The van der Waals surface area contributed by atoms with Crippen molar-refractivity contribution in [2.75, 3.05) is 13.1 Å². The third-order valence-corrected chi connectivity index (χ3v) is 5.02. The van der Waals surface area contributed by atoms with Gasteiger partial charge in [-0.05, 0) is 75.9 Å². The van der Waals surface area contributed by atoms with Gasteiger partial charge in [-0.25, -0.2) is 0 Å². The van der Waals surface area contributed by atoms with Crippen molar-refractivity contribution in [1.29, 1.82) is 0 Å². The van der Waals surface area contributed by atoms with E-state index in [9.17, 15) is 0 Å². The Labute approximate surface area is 145 Å². The van der Waals surface area contributed by atoms with E-state index in [-0.39, 0.29) is 0 Å². The lowest BCUT2D eigenvalue weighted by Gasteiger charge is -2.42. The van der Waals surface area contributed by atoms with Crippen LogP contribution in [-0.2, 0) is 0 Å². The maximum Gasteiger partial charge on any atom is 0.0604 e. The standard InChI is InChI=1S/C20H28N4/c1-16-8-7-14-23-20(16)19-11-6-10-18(17-9-2-4-13-22-17)24(19)15-5-3-12-21/h2,4,7-9,13-14,18-19H,3,5-6,10-12,15,21H2,1H3/t18?,19-/m0/s1. The maximum atomic E-state index is 5.72. The van der Waals surface area contributed by atoms with Crippen molar-refractivity contribution >= 4 is 0 Å². The second kappa shape index (κ2) is 8.36. The van der Waals surface area contributed by atoms with E-state index in [2.05, 4.69) is 35.0 Å². The van der Waals surface area contributed by atoms with Crippen LogP contribution >= 0.6 is 0 Å². The van der Waals surface area contributed by atoms with Crippen LogP contribution in [-0.4, -0.2) is 28.0 Å². The van der Waals surface area contributed by atoms with Gasteiger partial charge in [-0.3, -0.25) is 14.9 Å². The molecular weight excluding hydrogens is 296 g/mol. The molecule has 1 saturated heterocycles. The molecule has 3 rings (SSSR count). The SMILES string of the molecule is Cc1cccnc1[C@@H]1CCCC(c2ccccn2)N1CCCCN. The van der Waals surface area contributed by atoms with Crippen LogP contribution in [0, 0.1) is 6.92 Å². The van der Waals surface area contributed by atoms with Gasteiger partial charge >= 0.3 is 0 Å². The number of aryl methyl sites for hydroxylation is 1. The van der Waals surface area contributed by atoms with E-state index in [0.717, 1.165) is 25.9 Å². The van der Waals surface area contributed by atoms with Crippen molar-refractivity contribution in [3.05, 3.63) is 59.7 Å². The number of hydrogen-bond acceptors (Lipinski definition) is 4. The summed E-state index contributed by atoms with van der Waals surface area (Å²) in [5.41, 5.74) is 9.41. The zero-order valence-corrected chi connectivity index (χ0v) is 14.6. The Kier molecular flexibility index (Phi) is 5.94. The molecule has 0 radical (unpaired) electrons. The highest BCUT2D eigenvalue weighted by Gasteiger charge is 2.34. The van der Waals surface area contributed by atoms with E-state index in [1.54, 1.807) is 0 Å². The van der Waals surface area contributed by atoms with Crippen LogP contribution in [0.2, 0.25) is 0 Å². The Bertz CT molecular complexity index is 629. The Morgan fingerprint density at radius 2 is 1.88 bits per heavy atom. The summed E-state index contributed by atoms with van der Waals surface area (Å²) >= 11 is 0. The Morgan fingerprint density at radius 1 is 1.04 bits per heavy atom. The third kappa shape index (κ3) is 3.82. The van der Waals surface area contributed by atoms with E-state index in [0.29, 0.717) is 12.1 Å². The van der Waals surface area contributed by atoms with Gasteiger partial charge in [-0.2, -0.15) is 0 Å². The predicted octanol–water partition coefficient (Wildman–Crippen LogP) is 3.79. The summed E-state index contributed by atoms with van der Waals surface area (Å²) in [6.45, 7) is 3.99. The van der Waals surface area contributed by atoms with Crippen molar-refractivity contribution in [3.8, 4) is 0 Å². The second-order valence-corrected chi connectivity index (χ2v) is 6.66. The lowest BCUT2D eigenvalue weighted by atomic mass is 9.89. The monoisotopic (exact) mass is 324 g/mol. The molecule has 2 aromatic heterocycles. The van der Waals surface area contributed by atoms with Crippen LogP contribution < -0.4 is 5.73 Å². The maximum absolute atomic E-state index is 5.72. The highest BCUT2D eigenvalue weighted by molar-refractivity contribution is 5.23. The molecule has 0 amide bonds. The van der Waals surface area contributed by atoms with E-state index in [1.807, 2.05) is 24.5 Å². The van der Waals surface area contributed by atoms with Gasteiger partial charge in [-0.15, -0.1) is 0 Å². The zero-order valence-electron chi connectivity index (χ0n) is 14.6. The average Bonchev–Trinajstić information content (AvgIpc) is 2.63. The molecule has 0 aromatic carbocycles. The zero-order chi connectivity index (χ0) is 16.8. The Morgan fingerprint density at radius 3 is 2.62 bits per heavy atom. The van der Waals surface area contributed by atoms with Crippen LogP contribution in [0.25, 0.3) is 0 Å². The van der Waals surface area contributed by atoms with E-state index in [1.165, 1.54) is 36.2 Å². The van der Waals surface area contributed by atoms with Gasteiger partial charge in [-0.1, -0.05) is 12.1 Å². The molecule has 2 N–H and O–H groups in total. The van der Waals surface area contributed by atoms with Crippen LogP contribution in [0.15, 0.2) is 42.7 Å². The summed E-state index contributed by atoms with van der Waals surface area (Å²) in [4.78, 5) is 12.0. The lowest BCUT2D eigenvalue weighted by Crippen LogP contribution is -2.38. The van der Waals surface area contributed by atoms with E-state index >= 15 is 0 Å². The van der Waals surface area contributed by atoms with Crippen LogP contribution in [0.4, 0.5) is 0 Å². The van der Waals surface area contributed by atoms with Gasteiger partial charge in [0.2, 0.25) is 0 Å². The molecule has 1 aliphatic rings. The summed E-state index contributed by atoms with van der Waals surface area (Å²) in [6, 6.07) is 11.2. The molecule has 2 atom stereocenters. The largest absolute Gasteiger partial charge is 0.330 e. The number of piperidine rings is 1. The molecule has 24 heavy (non-hydrogen) atoms. The van der Waals surface area contributed by atoms with Gasteiger partial charge < -0.3 is 5.73 Å². The summed E-state index contributed by atoms with van der Waals surface area (Å²) in [5, 5.41) is 0. The Balaban J connectivity index is 1.90. The average molecular weight is 324 g/mol. The molecule has 0 saturated carbocycles. The number of aromatic nitrogens is 2. The van der Waals surface area contributed by atoms with Crippen molar-refractivity contribution in [1.82, 2.24) is 14.9 Å². The summed E-state index contributed by atoms with van der Waals surface area (Å²) in [7, 11) is 0. The van der Waals surface area contributed by atoms with Crippen LogP contribution in [0.1, 0.15) is 61.1 Å². The fourth-order valence-electron chi connectivity index (χ4n) is 3.84. The third-order valence-electron chi connectivity index (χ3n) is 5.02. The van der Waals surface area contributed by atoms with Crippen molar-refractivity contribution in [2.45, 2.75) is 51.1 Å². The predicted molar refractivity (Wildman–Crippen MR) is 97.5 cm³/mol. The van der Waals surface area contributed by atoms with Crippen LogP contribution in [0.5, 0.6) is 0 Å². The highest BCUT2D eigenvalue weighted by atomic mass is 15.2. The molecule has 3 heterocycles. The minimum atomic E-state index is 0.379. The van der Waals surface area contributed by atoms with Crippen molar-refractivity contribution in [3.63, 3.8) is 0 Å². The minimum absolute atomic E-state index is 0.379. The quantitative estimate of drug-likeness (QED) is 0.821. The fourth-order valence-corrected chi connectivity index (χ4v) is 3.84. The fraction of sp³-hybridized carbons (Fsp3) is 0.500. The summed E-state index contributed by atoms with van der Waals surface area (Å²) in [5.74, 6) is 0. The molecule has 0 bridgehead atoms. The molecule has 2 aromatic rings. The first kappa shape index (κ1) is 17.1. The van der Waals surface area contributed by atoms with Crippen LogP contribution in [0.3, 0.4) is 0 Å². The van der Waals surface area contributed by atoms with Gasteiger partial charge in [0.05, 0.1) is 23.5 Å². The van der Waals surface area contributed by atoms with Crippen molar-refractivity contribution < 1.29 is 0 Å². The number of rotatable bonds is 6. The molecule has 128 valence electrons. The number of likely N-dealkylation sites (tertiary alicyclic amines) is 1. The molecule has 1 fully saturated rings. The minimum Gasteiger partial charge on any atom is -0.330 e. The number of hydrogen-bond donors (Lipinski definition) is 1. The molecular formula is C20H28N4. The summed E-state index contributed by atoms with van der Waals surface area (Å²) in [6.07, 6.45) is 9.58. The highest BCUT2D eigenvalue weighted by Crippen LogP contribution is 2.41. The number of nitrogens with zero attached hydrogens (tertiary/aromatic N) is 3. The molecule has 0 aliphatic carbocycles. The first-order valence-electron chi connectivity index (χ1n) is 9.09. The normalized spacial score (nSPS) is 21.8. The number of nitrogens with two attached hydrogens (primary N) is 1. The molecule has 4 nitrogen and oxygen atoms in total.